The number of nitrogens with zero attached hydrogens (tertiary/aromatic N) is 4. The average Bonchev–Trinajstić information content (AvgIpc) is 3.00. The van der Waals surface area contributed by atoms with E-state index in [1.807, 2.05) is 55.7 Å². The van der Waals surface area contributed by atoms with Gasteiger partial charge in [0.1, 0.15) is 5.75 Å². The van der Waals surface area contributed by atoms with Crippen LogP contribution in [0.15, 0.2) is 48.9 Å². The smallest absolute Gasteiger partial charge is 0.152 e. The molecule has 0 atom stereocenters. The van der Waals surface area contributed by atoms with Crippen molar-refractivity contribution < 1.29 is 4.74 Å². The Bertz CT molecular complexity index is 808. The third-order valence-corrected chi connectivity index (χ3v) is 3.23. The van der Waals surface area contributed by atoms with Gasteiger partial charge in [-0.2, -0.15) is 5.10 Å². The molecule has 0 bridgehead atoms. The molecule has 5 heteroatoms. The summed E-state index contributed by atoms with van der Waals surface area (Å²) in [5.74, 6) is 1.47. The molecule has 0 fully saturated rings. The second-order valence-corrected chi connectivity index (χ2v) is 4.78. The van der Waals surface area contributed by atoms with Crippen molar-refractivity contribution in [2.45, 2.75) is 0 Å². The van der Waals surface area contributed by atoms with Crippen molar-refractivity contribution in [1.82, 2.24) is 19.7 Å². The molecule has 2 aromatic heterocycles. The lowest BCUT2D eigenvalue weighted by Gasteiger charge is -2.03. The Morgan fingerprint density at radius 3 is 2.77 bits per heavy atom. The van der Waals surface area contributed by atoms with E-state index in [0.29, 0.717) is 5.82 Å². The molecule has 0 aliphatic carbocycles. The molecule has 0 radical (unpaired) electrons. The molecule has 0 N–H and O–H groups in total. The molecule has 0 amide bonds. The van der Waals surface area contributed by atoms with Gasteiger partial charge in [-0.3, -0.25) is 4.68 Å². The minimum absolute atomic E-state index is 0.646. The van der Waals surface area contributed by atoms with E-state index in [2.05, 4.69) is 15.1 Å². The third-order valence-electron chi connectivity index (χ3n) is 3.23. The fourth-order valence-corrected chi connectivity index (χ4v) is 2.14. The summed E-state index contributed by atoms with van der Waals surface area (Å²) in [5.41, 5.74) is 2.81. The Balaban J connectivity index is 1.88. The Hall–Kier alpha value is -2.95. The van der Waals surface area contributed by atoms with Gasteiger partial charge in [0.2, 0.25) is 0 Å². The highest BCUT2D eigenvalue weighted by molar-refractivity contribution is 5.71. The van der Waals surface area contributed by atoms with Crippen molar-refractivity contribution in [3.05, 3.63) is 60.3 Å². The molecule has 22 heavy (non-hydrogen) atoms. The summed E-state index contributed by atoms with van der Waals surface area (Å²) in [7, 11) is 3.54. The first-order valence-electron chi connectivity index (χ1n) is 6.89. The van der Waals surface area contributed by atoms with Crippen molar-refractivity contribution in [3.63, 3.8) is 0 Å². The number of methoxy groups -OCH3 is 1. The highest BCUT2D eigenvalue weighted by atomic mass is 16.5. The molecule has 110 valence electrons. The molecule has 0 aliphatic rings. The second kappa shape index (κ2) is 6.22. The maximum absolute atomic E-state index is 5.33. The number of hydrogen-bond acceptors (Lipinski definition) is 4. The minimum atomic E-state index is 0.646. The van der Waals surface area contributed by atoms with Crippen LogP contribution in [0.25, 0.3) is 23.4 Å². The van der Waals surface area contributed by atoms with E-state index >= 15 is 0 Å². The van der Waals surface area contributed by atoms with E-state index in [0.717, 1.165) is 22.6 Å². The van der Waals surface area contributed by atoms with E-state index in [1.54, 1.807) is 24.2 Å². The first-order valence-corrected chi connectivity index (χ1v) is 6.89. The molecule has 3 rings (SSSR count). The van der Waals surface area contributed by atoms with Crippen LogP contribution in [0.2, 0.25) is 0 Å². The minimum Gasteiger partial charge on any atom is -0.496 e. The lowest BCUT2D eigenvalue weighted by atomic mass is 10.2. The standard InChI is InChI=1S/C17H16N4O/c1-21-12-14(11-19-21)15-9-10-18-17(20-15)8-7-13-5-3-4-6-16(13)22-2/h3-12H,1-2H3. The molecular weight excluding hydrogens is 276 g/mol. The number of rotatable bonds is 4. The molecule has 3 aromatic rings. The van der Waals surface area contributed by atoms with Gasteiger partial charge in [-0.1, -0.05) is 18.2 Å². The summed E-state index contributed by atoms with van der Waals surface area (Å²) in [4.78, 5) is 8.81. The van der Waals surface area contributed by atoms with Gasteiger partial charge < -0.3 is 4.74 Å². The zero-order chi connectivity index (χ0) is 15.4. The largest absolute Gasteiger partial charge is 0.496 e. The molecule has 0 aliphatic heterocycles. The SMILES string of the molecule is COc1ccccc1C=Cc1nccc(-c2cnn(C)c2)n1. The summed E-state index contributed by atoms with van der Waals surface area (Å²) in [6, 6.07) is 9.69. The maximum atomic E-state index is 5.33. The van der Waals surface area contributed by atoms with E-state index in [4.69, 9.17) is 4.74 Å². The average molecular weight is 292 g/mol. The highest BCUT2D eigenvalue weighted by Gasteiger charge is 2.03. The summed E-state index contributed by atoms with van der Waals surface area (Å²) < 4.78 is 7.08. The molecule has 2 heterocycles. The summed E-state index contributed by atoms with van der Waals surface area (Å²) in [5, 5.41) is 4.16. The van der Waals surface area contributed by atoms with Gasteiger partial charge in [0.25, 0.3) is 0 Å². The van der Waals surface area contributed by atoms with Crippen molar-refractivity contribution in [3.8, 4) is 17.0 Å². The number of ether oxygens (including phenoxy) is 1. The van der Waals surface area contributed by atoms with Gasteiger partial charge in [0.15, 0.2) is 5.82 Å². The zero-order valence-electron chi connectivity index (χ0n) is 12.5. The first kappa shape index (κ1) is 14.0. The molecule has 5 nitrogen and oxygen atoms in total. The Morgan fingerprint density at radius 1 is 1.14 bits per heavy atom. The van der Waals surface area contributed by atoms with Crippen LogP contribution in [0.4, 0.5) is 0 Å². The van der Waals surface area contributed by atoms with Crippen LogP contribution in [0.3, 0.4) is 0 Å². The molecular formula is C17H16N4O. The van der Waals surface area contributed by atoms with Crippen molar-refractivity contribution in [2.75, 3.05) is 7.11 Å². The van der Waals surface area contributed by atoms with Crippen LogP contribution in [-0.2, 0) is 7.05 Å². The van der Waals surface area contributed by atoms with E-state index in [1.165, 1.54) is 0 Å². The Labute approximate surface area is 128 Å². The Kier molecular flexibility index (Phi) is 3.96. The van der Waals surface area contributed by atoms with Crippen LogP contribution in [-0.4, -0.2) is 26.9 Å². The lowest BCUT2D eigenvalue weighted by molar-refractivity contribution is 0.414. The first-order chi connectivity index (χ1) is 10.8. The number of benzene rings is 1. The van der Waals surface area contributed by atoms with Crippen LogP contribution in [0.1, 0.15) is 11.4 Å². The molecule has 1 aromatic carbocycles. The predicted octanol–water partition coefficient (Wildman–Crippen LogP) is 3.06. The van der Waals surface area contributed by atoms with Crippen LogP contribution < -0.4 is 4.74 Å². The maximum Gasteiger partial charge on any atom is 0.152 e. The lowest BCUT2D eigenvalue weighted by Crippen LogP contribution is -1.90. The molecule has 0 spiro atoms. The van der Waals surface area contributed by atoms with Crippen LogP contribution in [0, 0.1) is 0 Å². The Morgan fingerprint density at radius 2 is 2.00 bits per heavy atom. The number of hydrogen-bond donors (Lipinski definition) is 0. The monoisotopic (exact) mass is 292 g/mol. The van der Waals surface area contributed by atoms with Gasteiger partial charge in [-0.05, 0) is 24.3 Å². The number of para-hydroxylation sites is 1. The third kappa shape index (κ3) is 3.03. The number of aryl methyl sites for hydroxylation is 1. The number of aromatic nitrogens is 4. The van der Waals surface area contributed by atoms with Gasteiger partial charge in [0.05, 0.1) is 19.0 Å². The van der Waals surface area contributed by atoms with Crippen molar-refractivity contribution in [2.24, 2.45) is 7.05 Å². The summed E-state index contributed by atoms with van der Waals surface area (Å²) in [6.45, 7) is 0. The molecule has 0 saturated carbocycles. The zero-order valence-corrected chi connectivity index (χ0v) is 12.5. The van der Waals surface area contributed by atoms with E-state index < -0.39 is 0 Å². The normalized spacial score (nSPS) is 11.0. The van der Waals surface area contributed by atoms with Crippen molar-refractivity contribution in [1.29, 1.82) is 0 Å². The van der Waals surface area contributed by atoms with Crippen molar-refractivity contribution >= 4 is 12.2 Å². The van der Waals surface area contributed by atoms with Gasteiger partial charge in [-0.25, -0.2) is 9.97 Å². The topological polar surface area (TPSA) is 52.8 Å². The molecule has 0 saturated heterocycles. The fourth-order valence-electron chi connectivity index (χ4n) is 2.14. The summed E-state index contributed by atoms with van der Waals surface area (Å²) in [6.07, 6.45) is 9.28. The van der Waals surface area contributed by atoms with Crippen LogP contribution >= 0.6 is 0 Å². The fraction of sp³-hybridized carbons (Fsp3) is 0.118. The predicted molar refractivity (Wildman–Crippen MR) is 86.2 cm³/mol. The van der Waals surface area contributed by atoms with Gasteiger partial charge >= 0.3 is 0 Å². The second-order valence-electron chi connectivity index (χ2n) is 4.78. The summed E-state index contributed by atoms with van der Waals surface area (Å²) >= 11 is 0. The van der Waals surface area contributed by atoms with Gasteiger partial charge in [0, 0.05) is 30.6 Å². The van der Waals surface area contributed by atoms with E-state index in [9.17, 15) is 0 Å². The van der Waals surface area contributed by atoms with Crippen LogP contribution in [0.5, 0.6) is 5.75 Å². The highest BCUT2D eigenvalue weighted by Crippen LogP contribution is 2.20. The molecule has 0 unspecified atom stereocenters. The van der Waals surface area contributed by atoms with Gasteiger partial charge in [-0.15, -0.1) is 0 Å². The van der Waals surface area contributed by atoms with E-state index in [-0.39, 0.29) is 0 Å². The quantitative estimate of drug-likeness (QED) is 0.741.